The fourth-order valence-electron chi connectivity index (χ4n) is 9.09. The molecule has 4 aliphatic carbocycles. The molecular weight excluding hydrogens is 480 g/mol. The molecule has 3 aromatic carbocycles. The van der Waals surface area contributed by atoms with Crippen molar-refractivity contribution in [3.8, 4) is 0 Å². The Balaban J connectivity index is 1.21. The molecule has 0 aromatic heterocycles. The summed E-state index contributed by atoms with van der Waals surface area (Å²) in [5.41, 5.74) is 7.64. The van der Waals surface area contributed by atoms with Gasteiger partial charge >= 0.3 is 5.97 Å². The van der Waals surface area contributed by atoms with Gasteiger partial charge in [0, 0.05) is 31.2 Å². The van der Waals surface area contributed by atoms with Crippen LogP contribution >= 0.6 is 0 Å². The number of carbonyl (C=O) groups excluding carboxylic acids is 1. The lowest BCUT2D eigenvalue weighted by molar-refractivity contribution is -0.0256. The average Bonchev–Trinajstić information content (AvgIpc) is 3.11. The van der Waals surface area contributed by atoms with E-state index in [1.165, 1.54) is 57.7 Å². The maximum absolute atomic E-state index is 12.3. The minimum Gasteiger partial charge on any atom is -0.465 e. The molecule has 4 bridgehead atoms. The molecule has 4 heteroatoms. The minimum absolute atomic E-state index is 0.329. The zero-order valence-electron chi connectivity index (χ0n) is 24.2. The van der Waals surface area contributed by atoms with Crippen LogP contribution in [-0.2, 0) is 10.2 Å². The SMILES string of the molecule is COC(=O)c1ccccc1N(C)c1ccc(N(C)c2ccc(C34CCC5CC(C)(CC(C)(C5)C3)C4)cc2)cc1. The Morgan fingerprint density at radius 1 is 0.769 bits per heavy atom. The zero-order chi connectivity index (χ0) is 27.4. The van der Waals surface area contributed by atoms with E-state index in [4.69, 9.17) is 4.74 Å². The summed E-state index contributed by atoms with van der Waals surface area (Å²) in [7, 11) is 5.53. The predicted octanol–water partition coefficient (Wildman–Crippen LogP) is 8.65. The van der Waals surface area contributed by atoms with Crippen LogP contribution in [0.2, 0.25) is 0 Å². The van der Waals surface area contributed by atoms with Gasteiger partial charge < -0.3 is 14.5 Å². The lowest BCUT2D eigenvalue weighted by Crippen LogP contribution is -2.47. The van der Waals surface area contributed by atoms with E-state index in [2.05, 4.69) is 74.3 Å². The summed E-state index contributed by atoms with van der Waals surface area (Å²) in [6.45, 7) is 5.15. The van der Waals surface area contributed by atoms with E-state index in [-0.39, 0.29) is 5.97 Å². The number of benzene rings is 3. The van der Waals surface area contributed by atoms with E-state index in [0.717, 1.165) is 23.0 Å². The molecule has 0 saturated heterocycles. The summed E-state index contributed by atoms with van der Waals surface area (Å²) in [4.78, 5) is 16.5. The van der Waals surface area contributed by atoms with E-state index < -0.39 is 0 Å². The number of methoxy groups -OCH3 is 1. The van der Waals surface area contributed by atoms with Gasteiger partial charge in [0.1, 0.15) is 0 Å². The second-order valence-corrected chi connectivity index (χ2v) is 13.4. The van der Waals surface area contributed by atoms with E-state index in [1.54, 1.807) is 11.6 Å². The number of esters is 1. The summed E-state index contributed by atoms with van der Waals surface area (Å²) < 4.78 is 4.98. The lowest BCUT2D eigenvalue weighted by Gasteiger charge is -2.56. The Labute approximate surface area is 234 Å². The highest BCUT2D eigenvalue weighted by atomic mass is 16.5. The van der Waals surface area contributed by atoms with Gasteiger partial charge in [-0.15, -0.1) is 0 Å². The first-order valence-electron chi connectivity index (χ1n) is 14.5. The Kier molecular flexibility index (Phi) is 6.28. The monoisotopic (exact) mass is 522 g/mol. The van der Waals surface area contributed by atoms with Crippen LogP contribution in [0.5, 0.6) is 0 Å². The number of para-hydroxylation sites is 1. The van der Waals surface area contributed by atoms with E-state index in [0.29, 0.717) is 21.8 Å². The van der Waals surface area contributed by atoms with Gasteiger partial charge in [0.15, 0.2) is 0 Å². The van der Waals surface area contributed by atoms with Crippen molar-refractivity contribution in [1.82, 2.24) is 0 Å². The van der Waals surface area contributed by atoms with Crippen molar-refractivity contribution >= 4 is 28.7 Å². The summed E-state index contributed by atoms with van der Waals surface area (Å²) in [6.07, 6.45) is 9.75. The Morgan fingerprint density at radius 3 is 1.90 bits per heavy atom. The van der Waals surface area contributed by atoms with Gasteiger partial charge in [0.2, 0.25) is 0 Å². The highest BCUT2D eigenvalue weighted by Gasteiger charge is 2.57. The highest BCUT2D eigenvalue weighted by molar-refractivity contribution is 5.96. The van der Waals surface area contributed by atoms with Crippen LogP contribution in [0.25, 0.3) is 0 Å². The number of hydrogen-bond acceptors (Lipinski definition) is 4. The highest BCUT2D eigenvalue weighted by Crippen LogP contribution is 2.67. The van der Waals surface area contributed by atoms with Gasteiger partial charge in [0.05, 0.1) is 18.4 Å². The topological polar surface area (TPSA) is 32.8 Å². The zero-order valence-corrected chi connectivity index (χ0v) is 24.2. The lowest BCUT2D eigenvalue weighted by atomic mass is 9.48. The van der Waals surface area contributed by atoms with Gasteiger partial charge in [-0.3, -0.25) is 0 Å². The number of fused-ring (bicyclic) bond motifs is 1. The molecule has 39 heavy (non-hydrogen) atoms. The second kappa shape index (κ2) is 9.43. The number of hydrogen-bond donors (Lipinski definition) is 0. The molecule has 3 aromatic rings. The molecule has 7 rings (SSSR count). The van der Waals surface area contributed by atoms with Crippen molar-refractivity contribution in [2.24, 2.45) is 16.7 Å². The van der Waals surface area contributed by atoms with Crippen molar-refractivity contribution in [2.75, 3.05) is 31.0 Å². The molecule has 4 aliphatic rings. The molecule has 4 fully saturated rings. The van der Waals surface area contributed by atoms with Crippen molar-refractivity contribution in [3.63, 3.8) is 0 Å². The first-order valence-corrected chi connectivity index (χ1v) is 14.5. The first kappa shape index (κ1) is 26.0. The minimum atomic E-state index is -0.329. The summed E-state index contributed by atoms with van der Waals surface area (Å²) in [5, 5.41) is 0. The van der Waals surface area contributed by atoms with Gasteiger partial charge in [-0.2, -0.15) is 0 Å². The first-order chi connectivity index (χ1) is 18.6. The average molecular weight is 523 g/mol. The molecule has 0 aliphatic heterocycles. The fourth-order valence-corrected chi connectivity index (χ4v) is 9.09. The smallest absolute Gasteiger partial charge is 0.339 e. The number of anilines is 4. The van der Waals surface area contributed by atoms with Crippen LogP contribution in [0, 0.1) is 16.7 Å². The van der Waals surface area contributed by atoms with Crippen LogP contribution in [0.3, 0.4) is 0 Å². The molecule has 204 valence electrons. The Bertz CT molecular complexity index is 1340. The van der Waals surface area contributed by atoms with Crippen LogP contribution in [-0.4, -0.2) is 27.2 Å². The fraction of sp³-hybridized carbons (Fsp3) is 0.457. The van der Waals surface area contributed by atoms with E-state index >= 15 is 0 Å². The molecule has 2 atom stereocenters. The predicted molar refractivity (Wildman–Crippen MR) is 160 cm³/mol. The van der Waals surface area contributed by atoms with Crippen LogP contribution < -0.4 is 9.80 Å². The van der Waals surface area contributed by atoms with Gasteiger partial charge in [0.25, 0.3) is 0 Å². The largest absolute Gasteiger partial charge is 0.465 e. The van der Waals surface area contributed by atoms with Crippen molar-refractivity contribution < 1.29 is 9.53 Å². The Morgan fingerprint density at radius 2 is 1.31 bits per heavy atom. The van der Waals surface area contributed by atoms with Gasteiger partial charge in [-0.1, -0.05) is 38.1 Å². The van der Waals surface area contributed by atoms with E-state index in [1.807, 2.05) is 30.1 Å². The van der Waals surface area contributed by atoms with Crippen molar-refractivity contribution in [2.45, 2.75) is 64.2 Å². The summed E-state index contributed by atoms with van der Waals surface area (Å²) in [5.74, 6) is 0.601. The molecule has 4 nitrogen and oxygen atoms in total. The third-order valence-electron chi connectivity index (χ3n) is 10.1. The second-order valence-electron chi connectivity index (χ2n) is 13.4. The van der Waals surface area contributed by atoms with Crippen LogP contribution in [0.1, 0.15) is 74.7 Å². The third kappa shape index (κ3) is 4.62. The molecule has 2 unspecified atom stereocenters. The van der Waals surface area contributed by atoms with Crippen molar-refractivity contribution in [3.05, 3.63) is 83.9 Å². The molecule has 4 saturated carbocycles. The molecule has 0 N–H and O–H groups in total. The molecule has 0 amide bonds. The Hall–Kier alpha value is -3.27. The third-order valence-corrected chi connectivity index (χ3v) is 10.1. The number of rotatable bonds is 6. The molecule has 0 heterocycles. The number of ether oxygens (including phenoxy) is 1. The molecule has 0 spiro atoms. The number of nitrogens with zero attached hydrogens (tertiary/aromatic N) is 2. The summed E-state index contributed by atoms with van der Waals surface area (Å²) >= 11 is 0. The number of carbonyl (C=O) groups is 1. The normalized spacial score (nSPS) is 29.1. The van der Waals surface area contributed by atoms with E-state index in [9.17, 15) is 4.79 Å². The van der Waals surface area contributed by atoms with Crippen molar-refractivity contribution in [1.29, 1.82) is 0 Å². The van der Waals surface area contributed by atoms with Crippen LogP contribution in [0.15, 0.2) is 72.8 Å². The standard InChI is InChI=1S/C35H42N2O2/c1-33-20-25-18-19-35(23-33,24-34(2,21-25)22-33)26-10-12-27(13-11-26)36(3)28-14-16-29(17-15-28)37(4)31-9-7-6-8-30(31)32(38)39-5/h6-17,25H,18-24H2,1-5H3. The summed E-state index contributed by atoms with van der Waals surface area (Å²) in [6, 6.07) is 25.5. The van der Waals surface area contributed by atoms with Crippen LogP contribution in [0.4, 0.5) is 22.7 Å². The van der Waals surface area contributed by atoms with Gasteiger partial charge in [-0.05, 0) is 121 Å². The maximum atomic E-state index is 12.3. The molecule has 0 radical (unpaired) electrons. The molecular formula is C35H42N2O2. The maximum Gasteiger partial charge on any atom is 0.339 e. The van der Waals surface area contributed by atoms with Gasteiger partial charge in [-0.25, -0.2) is 4.79 Å². The quantitative estimate of drug-likeness (QED) is 0.303.